The van der Waals surface area contributed by atoms with Gasteiger partial charge in [0.2, 0.25) is 0 Å². The van der Waals surface area contributed by atoms with Crippen molar-refractivity contribution >= 4 is 16.8 Å². The quantitative estimate of drug-likeness (QED) is 0.846. The maximum absolute atomic E-state index is 12.9. The number of nitrogens with zero attached hydrogens (tertiary/aromatic N) is 1. The Bertz CT molecular complexity index is 724. The summed E-state index contributed by atoms with van der Waals surface area (Å²) in [6.45, 7) is 3.98. The molecule has 0 saturated heterocycles. The number of fused-ring (bicyclic) bond motifs is 4. The third kappa shape index (κ3) is 2.74. The van der Waals surface area contributed by atoms with E-state index in [9.17, 15) is 4.79 Å². The number of nitrogens with one attached hydrogen (secondary N) is 1. The van der Waals surface area contributed by atoms with E-state index in [1.54, 1.807) is 0 Å². The van der Waals surface area contributed by atoms with Gasteiger partial charge in [0.05, 0.1) is 5.56 Å². The first-order chi connectivity index (χ1) is 11.7. The molecule has 0 aliphatic heterocycles. The first-order valence-electron chi connectivity index (χ1n) is 9.57. The van der Waals surface area contributed by atoms with E-state index in [1.807, 2.05) is 12.3 Å². The molecule has 1 amide bonds. The first kappa shape index (κ1) is 15.7. The molecule has 0 unspecified atom stereocenters. The number of benzene rings is 1. The minimum Gasteiger partial charge on any atom is -0.351 e. The lowest BCUT2D eigenvalue weighted by Crippen LogP contribution is -2.43. The van der Waals surface area contributed by atoms with Crippen LogP contribution in [0.3, 0.4) is 0 Å². The van der Waals surface area contributed by atoms with E-state index in [-0.39, 0.29) is 5.91 Å². The number of carbonyl (C=O) groups excluding carboxylic acids is 1. The van der Waals surface area contributed by atoms with Crippen molar-refractivity contribution in [3.63, 3.8) is 0 Å². The second-order valence-electron chi connectivity index (χ2n) is 7.92. The van der Waals surface area contributed by atoms with Crippen LogP contribution < -0.4 is 5.32 Å². The third-order valence-corrected chi connectivity index (χ3v) is 6.37. The summed E-state index contributed by atoms with van der Waals surface area (Å²) in [5.74, 6) is 1.07. The summed E-state index contributed by atoms with van der Waals surface area (Å²) in [5.41, 5.74) is 2.38. The van der Waals surface area contributed by atoms with Crippen molar-refractivity contribution in [2.45, 2.75) is 58.4 Å². The van der Waals surface area contributed by atoms with Crippen molar-refractivity contribution in [2.75, 3.05) is 6.54 Å². The molecule has 1 heterocycles. The highest BCUT2D eigenvalue weighted by atomic mass is 16.1. The molecule has 24 heavy (non-hydrogen) atoms. The Hall–Kier alpha value is -1.77. The highest BCUT2D eigenvalue weighted by Gasteiger charge is 2.40. The third-order valence-electron chi connectivity index (χ3n) is 6.37. The molecular formula is C21H28N2O. The molecule has 0 spiro atoms. The van der Waals surface area contributed by atoms with Crippen molar-refractivity contribution in [1.82, 2.24) is 9.88 Å². The van der Waals surface area contributed by atoms with Gasteiger partial charge in [-0.15, -0.1) is 0 Å². The molecular weight excluding hydrogens is 296 g/mol. The van der Waals surface area contributed by atoms with E-state index in [0.29, 0.717) is 5.41 Å². The number of hydrogen-bond donors (Lipinski definition) is 1. The highest BCUT2D eigenvalue weighted by molar-refractivity contribution is 6.07. The van der Waals surface area contributed by atoms with Crippen molar-refractivity contribution in [2.24, 2.45) is 11.3 Å². The number of aryl methyl sites for hydroxylation is 1. The van der Waals surface area contributed by atoms with Crippen LogP contribution in [0.4, 0.5) is 0 Å². The predicted octanol–water partition coefficient (Wildman–Crippen LogP) is 4.75. The van der Waals surface area contributed by atoms with E-state index in [2.05, 4.69) is 35.0 Å². The fourth-order valence-corrected chi connectivity index (χ4v) is 4.82. The first-order valence-corrected chi connectivity index (χ1v) is 9.57. The predicted molar refractivity (Wildman–Crippen MR) is 98.2 cm³/mol. The summed E-state index contributed by atoms with van der Waals surface area (Å²) in [5, 5.41) is 4.36. The van der Waals surface area contributed by atoms with E-state index >= 15 is 0 Å². The maximum atomic E-state index is 12.9. The fourth-order valence-electron chi connectivity index (χ4n) is 4.82. The zero-order chi connectivity index (χ0) is 16.6. The average Bonchev–Trinajstić information content (AvgIpc) is 3.01. The van der Waals surface area contributed by atoms with Crippen LogP contribution in [-0.4, -0.2) is 17.0 Å². The van der Waals surface area contributed by atoms with Gasteiger partial charge >= 0.3 is 0 Å². The molecule has 2 aromatic rings. The number of aromatic nitrogens is 1. The van der Waals surface area contributed by atoms with Gasteiger partial charge in [-0.3, -0.25) is 4.79 Å². The van der Waals surface area contributed by atoms with Crippen LogP contribution in [0.25, 0.3) is 10.9 Å². The number of rotatable bonds is 5. The maximum Gasteiger partial charge on any atom is 0.253 e. The van der Waals surface area contributed by atoms with E-state index in [1.165, 1.54) is 44.0 Å². The molecule has 3 saturated carbocycles. The molecule has 2 bridgehead atoms. The summed E-state index contributed by atoms with van der Waals surface area (Å²) in [4.78, 5) is 12.9. The van der Waals surface area contributed by atoms with Gasteiger partial charge in [0, 0.05) is 30.2 Å². The Balaban J connectivity index is 1.53. The van der Waals surface area contributed by atoms with Gasteiger partial charge in [-0.2, -0.15) is 0 Å². The Morgan fingerprint density at radius 2 is 1.92 bits per heavy atom. The van der Waals surface area contributed by atoms with Crippen LogP contribution in [0, 0.1) is 11.3 Å². The number of carbonyl (C=O) groups is 1. The van der Waals surface area contributed by atoms with Gasteiger partial charge in [0.15, 0.2) is 0 Å². The molecule has 0 radical (unpaired) electrons. The molecule has 1 aromatic heterocycles. The second kappa shape index (κ2) is 6.27. The Morgan fingerprint density at radius 3 is 2.62 bits per heavy atom. The second-order valence-corrected chi connectivity index (χ2v) is 7.92. The molecule has 3 aliphatic carbocycles. The van der Waals surface area contributed by atoms with Crippen LogP contribution in [0.2, 0.25) is 0 Å². The average molecular weight is 324 g/mol. The Labute approximate surface area is 144 Å². The van der Waals surface area contributed by atoms with Gasteiger partial charge in [0.1, 0.15) is 0 Å². The zero-order valence-corrected chi connectivity index (χ0v) is 14.7. The summed E-state index contributed by atoms with van der Waals surface area (Å²) in [6.07, 6.45) is 11.1. The molecule has 128 valence electrons. The van der Waals surface area contributed by atoms with Crippen LogP contribution in [0.1, 0.15) is 62.2 Å². The van der Waals surface area contributed by atoms with Crippen molar-refractivity contribution in [3.05, 3.63) is 36.0 Å². The smallest absolute Gasteiger partial charge is 0.253 e. The van der Waals surface area contributed by atoms with Gasteiger partial charge in [0.25, 0.3) is 5.91 Å². The number of para-hydroxylation sites is 1. The minimum absolute atomic E-state index is 0.100. The molecule has 3 fully saturated rings. The molecule has 3 heteroatoms. The Kier molecular flexibility index (Phi) is 4.11. The lowest BCUT2D eigenvalue weighted by molar-refractivity contribution is 0.0598. The number of amides is 1. The van der Waals surface area contributed by atoms with E-state index < -0.39 is 0 Å². The van der Waals surface area contributed by atoms with Crippen molar-refractivity contribution < 1.29 is 4.79 Å². The van der Waals surface area contributed by atoms with Crippen molar-refractivity contribution in [1.29, 1.82) is 0 Å². The number of hydrogen-bond acceptors (Lipinski definition) is 1. The minimum atomic E-state index is 0.100. The van der Waals surface area contributed by atoms with Gasteiger partial charge in [-0.05, 0) is 62.3 Å². The molecule has 1 N–H and O–H groups in total. The summed E-state index contributed by atoms with van der Waals surface area (Å²) < 4.78 is 2.22. The van der Waals surface area contributed by atoms with Gasteiger partial charge in [-0.25, -0.2) is 0 Å². The van der Waals surface area contributed by atoms with Gasteiger partial charge in [-0.1, -0.05) is 25.1 Å². The molecule has 3 nitrogen and oxygen atoms in total. The normalized spacial score (nSPS) is 26.0. The lowest BCUT2D eigenvalue weighted by Gasteiger charge is -2.46. The fraction of sp³-hybridized carbons (Fsp3) is 0.571. The standard InChI is InChI=1S/C21H28N2O/c1-2-13-23-14-18(17-5-3-4-6-19(17)23)20(24)22-15-21-10-7-16(8-11-21)9-12-21/h3-6,14,16H,2,7-13,15H2,1H3,(H,22,24). The van der Waals surface area contributed by atoms with Crippen LogP contribution in [-0.2, 0) is 6.54 Å². The summed E-state index contributed by atoms with van der Waals surface area (Å²) in [6, 6.07) is 8.26. The molecule has 1 aromatic carbocycles. The zero-order valence-electron chi connectivity index (χ0n) is 14.7. The van der Waals surface area contributed by atoms with E-state index in [4.69, 9.17) is 0 Å². The summed E-state index contributed by atoms with van der Waals surface area (Å²) in [7, 11) is 0. The summed E-state index contributed by atoms with van der Waals surface area (Å²) >= 11 is 0. The highest BCUT2D eigenvalue weighted by Crippen LogP contribution is 2.49. The van der Waals surface area contributed by atoms with Crippen LogP contribution >= 0.6 is 0 Å². The largest absolute Gasteiger partial charge is 0.351 e. The molecule has 5 rings (SSSR count). The topological polar surface area (TPSA) is 34.0 Å². The van der Waals surface area contributed by atoms with Crippen LogP contribution in [0.5, 0.6) is 0 Å². The SMILES string of the molecule is CCCn1cc(C(=O)NCC23CCC(CC2)CC3)c2ccccc21. The van der Waals surface area contributed by atoms with Crippen molar-refractivity contribution in [3.8, 4) is 0 Å². The van der Waals surface area contributed by atoms with E-state index in [0.717, 1.165) is 36.4 Å². The lowest BCUT2D eigenvalue weighted by atomic mass is 9.61. The molecule has 3 aliphatic rings. The Morgan fingerprint density at radius 1 is 1.21 bits per heavy atom. The molecule has 0 atom stereocenters. The monoisotopic (exact) mass is 324 g/mol. The van der Waals surface area contributed by atoms with Crippen LogP contribution in [0.15, 0.2) is 30.5 Å². The van der Waals surface area contributed by atoms with Gasteiger partial charge < -0.3 is 9.88 Å².